The van der Waals surface area contributed by atoms with Crippen molar-refractivity contribution in [3.05, 3.63) is 70.6 Å². The molecule has 2 aliphatic rings. The van der Waals surface area contributed by atoms with Crippen molar-refractivity contribution in [2.24, 2.45) is 0 Å². The van der Waals surface area contributed by atoms with Gasteiger partial charge in [0.05, 0.1) is 85.7 Å². The summed E-state index contributed by atoms with van der Waals surface area (Å²) in [6.45, 7) is 13.4. The number of nitrogens with zero attached hydrogens (tertiary/aromatic N) is 4. The van der Waals surface area contributed by atoms with Crippen molar-refractivity contribution in [1.82, 2.24) is 42.5 Å². The molecule has 20 heteroatoms. The van der Waals surface area contributed by atoms with Crippen LogP contribution in [-0.2, 0) is 49.7 Å². The normalized spacial score (nSPS) is 12.2. The summed E-state index contributed by atoms with van der Waals surface area (Å²) in [7, 11) is 1.59. The number of H-pyrrole nitrogens is 1. The predicted octanol–water partition coefficient (Wildman–Crippen LogP) is 5.66. The first-order valence-corrected chi connectivity index (χ1v) is 18.3. The maximum Gasteiger partial charge on any atom is 3.00 e. The molecule has 0 saturated carbocycles. The van der Waals surface area contributed by atoms with Crippen LogP contribution in [0.15, 0.2) is 36.7 Å². The van der Waals surface area contributed by atoms with Gasteiger partial charge >= 0.3 is 72.9 Å². The molecule has 5 rings (SSSR count). The molecule has 1 amide bonds. The van der Waals surface area contributed by atoms with E-state index in [4.69, 9.17) is 48.7 Å². The van der Waals surface area contributed by atoms with Crippen LogP contribution in [0.5, 0.6) is 11.5 Å². The third kappa shape index (κ3) is 14.5. The Labute approximate surface area is 400 Å². The summed E-state index contributed by atoms with van der Waals surface area (Å²) in [4.78, 5) is 58.6. The van der Waals surface area contributed by atoms with E-state index in [-0.39, 0.29) is 98.0 Å². The molecule has 1 aromatic carbocycles. The fourth-order valence-electron chi connectivity index (χ4n) is 5.86. The van der Waals surface area contributed by atoms with Crippen LogP contribution in [0.25, 0.3) is 44.4 Å². The summed E-state index contributed by atoms with van der Waals surface area (Å²) >= 11 is 0. The topological polar surface area (TPSA) is 287 Å². The zero-order valence-corrected chi connectivity index (χ0v) is 39.8. The number of rotatable bonds is 17. The van der Waals surface area contributed by atoms with Gasteiger partial charge in [0, 0.05) is 30.3 Å². The van der Waals surface area contributed by atoms with Crippen molar-refractivity contribution >= 4 is 62.2 Å². The molecule has 0 aliphatic carbocycles. The number of carbonyl (C=O) groups is 3. The average Bonchev–Trinajstić information content (AvgIpc) is 3.71. The first kappa shape index (κ1) is 55.0. The number of ether oxygens (including phenoxy) is 5. The summed E-state index contributed by atoms with van der Waals surface area (Å²) in [5, 5.41) is 20.7. The standard InChI is InChI=1S/C41H48N6O10.Gd.2H3N.Pt/c1-22-23(2)29-15-31-25(4)27(6)36(46-31)20-43-33-17-38(57-21-39(48)47-34(41(51)52)18-40(49)50)37(56-13-12-55-11-10-54-9-8-53-7)16-32(33)42-19-35-26(5)24(3)30(45-35)14-28(22)44-29;;;;/h14-17,19-20,34,44H,8-13,18,21H2,1-7H3,(H,47,48)(H,49,50)(H,51,52);;2*1H3;/q;+3;;;+2. The Morgan fingerprint density at radius 3 is 1.57 bits per heavy atom. The molecule has 3 aromatic rings. The fraction of sp³-hybridized carbons (Fsp3) is 0.390. The zero-order chi connectivity index (χ0) is 41.2. The molecule has 1 atom stereocenters. The number of fused-ring (bicyclic) bond motifs is 7. The monoisotopic (exact) mass is 1170 g/mol. The van der Waals surface area contributed by atoms with Crippen molar-refractivity contribution < 1.29 is 109 Å². The molecule has 10 N–H and O–H groups in total. The summed E-state index contributed by atoms with van der Waals surface area (Å²) in [6, 6.07) is 5.58. The number of hydrogen-bond donors (Lipinski definition) is 6. The number of carboxylic acid groups (broad SMARTS) is 2. The predicted molar refractivity (Wildman–Crippen MR) is 223 cm³/mol. The minimum Gasteiger partial charge on any atom is -0.487 e. The molecule has 331 valence electrons. The SMILES string of the molecule is COCCOCCOCCOc1cc2ncc3nc(cc4[nH]c(cc5nc(cnc2cc1OCC(=O)NC(CC(=O)O)C(=O)O)C(C)=C5C)c(C)c4C)C(C)=C3C.N.N.[Gd+3].[Pt+2]. The summed E-state index contributed by atoms with van der Waals surface area (Å²) in [6.07, 6.45) is 2.48. The first-order chi connectivity index (χ1) is 27.3. The van der Waals surface area contributed by atoms with Gasteiger partial charge in [0.15, 0.2) is 18.1 Å². The van der Waals surface area contributed by atoms with Crippen molar-refractivity contribution in [2.45, 2.75) is 54.0 Å². The number of hydrogen-bond acceptors (Lipinski definition) is 14. The Morgan fingerprint density at radius 1 is 0.672 bits per heavy atom. The maximum absolute atomic E-state index is 12.8. The van der Waals surface area contributed by atoms with Crippen LogP contribution >= 0.6 is 0 Å². The number of carbonyl (C=O) groups excluding carboxylic acids is 1. The van der Waals surface area contributed by atoms with Crippen LogP contribution in [0.3, 0.4) is 0 Å². The van der Waals surface area contributed by atoms with Crippen LogP contribution < -0.4 is 27.1 Å². The molecule has 4 heterocycles. The van der Waals surface area contributed by atoms with Crippen LogP contribution in [0, 0.1) is 53.8 Å². The van der Waals surface area contributed by atoms with Crippen molar-refractivity contribution in [2.75, 3.05) is 53.4 Å². The van der Waals surface area contributed by atoms with E-state index in [9.17, 15) is 19.5 Å². The molecule has 0 fully saturated rings. The second kappa shape index (κ2) is 25.8. The second-order valence-corrected chi connectivity index (χ2v) is 13.5. The molecule has 6 bridgehead atoms. The van der Waals surface area contributed by atoms with E-state index in [0.717, 1.165) is 55.8 Å². The number of benzene rings is 1. The van der Waals surface area contributed by atoms with E-state index in [2.05, 4.69) is 24.1 Å². The molecular formula is C41H54GdN8O10Pt+5. The fourth-order valence-corrected chi connectivity index (χ4v) is 5.86. The molecule has 18 nitrogen and oxygen atoms in total. The van der Waals surface area contributed by atoms with E-state index < -0.39 is 36.9 Å². The number of methoxy groups -OCH3 is 1. The van der Waals surface area contributed by atoms with E-state index in [0.29, 0.717) is 48.8 Å². The van der Waals surface area contributed by atoms with E-state index >= 15 is 0 Å². The number of amides is 1. The Balaban J connectivity index is 0.00000465. The molecule has 0 saturated heterocycles. The number of allylic oxidation sites excluding steroid dienone is 4. The first-order valence-electron chi connectivity index (χ1n) is 18.3. The van der Waals surface area contributed by atoms with E-state index in [1.54, 1.807) is 31.6 Å². The van der Waals surface area contributed by atoms with Gasteiger partial charge in [-0.2, -0.15) is 0 Å². The number of carboxylic acids is 2. The molecule has 0 spiro atoms. The molecule has 2 aliphatic heterocycles. The maximum atomic E-state index is 12.8. The van der Waals surface area contributed by atoms with Gasteiger partial charge in [-0.05, 0) is 87.1 Å². The molecule has 61 heavy (non-hydrogen) atoms. The van der Waals surface area contributed by atoms with Gasteiger partial charge in [-0.1, -0.05) is 0 Å². The average molecular weight is 1170 g/mol. The Bertz CT molecular complexity index is 2320. The molecule has 1 unspecified atom stereocenters. The van der Waals surface area contributed by atoms with Gasteiger partial charge in [-0.25, -0.2) is 14.8 Å². The molecule has 1 radical (unpaired) electrons. The number of aromatic amines is 1. The number of aromatic nitrogens is 5. The summed E-state index contributed by atoms with van der Waals surface area (Å²) in [5.41, 5.74) is 11.6. The smallest absolute Gasteiger partial charge is 0.487 e. The third-order valence-corrected chi connectivity index (χ3v) is 9.70. The zero-order valence-electron chi connectivity index (χ0n) is 35.2. The van der Waals surface area contributed by atoms with Gasteiger partial charge < -0.3 is 56.5 Å². The summed E-state index contributed by atoms with van der Waals surface area (Å²) in [5.74, 6) is -3.45. The van der Waals surface area contributed by atoms with Gasteiger partial charge in [0.1, 0.15) is 12.6 Å². The summed E-state index contributed by atoms with van der Waals surface area (Å²) < 4.78 is 28.0. The van der Waals surface area contributed by atoms with Gasteiger partial charge in [-0.3, -0.25) is 19.6 Å². The van der Waals surface area contributed by atoms with Crippen LogP contribution in [0.4, 0.5) is 0 Å². The minimum absolute atomic E-state index is 0. The van der Waals surface area contributed by atoms with Crippen molar-refractivity contribution in [3.8, 4) is 11.5 Å². The Kier molecular flexibility index (Phi) is 23.2. The Hall–Kier alpha value is -4.04. The minimum atomic E-state index is -1.65. The van der Waals surface area contributed by atoms with Gasteiger partial charge in [-0.15, -0.1) is 0 Å². The van der Waals surface area contributed by atoms with E-state index in [1.165, 1.54) is 0 Å². The van der Waals surface area contributed by atoms with E-state index in [1.807, 2.05) is 39.8 Å². The number of aliphatic carboxylic acids is 2. The third-order valence-electron chi connectivity index (χ3n) is 9.70. The molecule has 2 aromatic heterocycles. The molecular weight excluding hydrogens is 1120 g/mol. The Morgan fingerprint density at radius 2 is 1.11 bits per heavy atom. The van der Waals surface area contributed by atoms with Gasteiger partial charge in [0.25, 0.3) is 5.91 Å². The van der Waals surface area contributed by atoms with Crippen molar-refractivity contribution in [1.29, 1.82) is 0 Å². The van der Waals surface area contributed by atoms with Crippen LogP contribution in [0.2, 0.25) is 0 Å². The van der Waals surface area contributed by atoms with Crippen molar-refractivity contribution in [3.63, 3.8) is 0 Å². The largest absolute Gasteiger partial charge is 3.00 e. The van der Waals surface area contributed by atoms with Gasteiger partial charge in [0.2, 0.25) is 0 Å². The number of nitrogens with one attached hydrogen (secondary N) is 2. The second-order valence-electron chi connectivity index (χ2n) is 13.5. The number of aryl methyl sites for hydroxylation is 2. The van der Waals surface area contributed by atoms with Crippen LogP contribution in [0.1, 0.15) is 68.0 Å². The van der Waals surface area contributed by atoms with Crippen LogP contribution in [-0.4, -0.2) is 112 Å². The quantitative estimate of drug-likeness (QED) is 0.0889.